The van der Waals surface area contributed by atoms with E-state index in [-0.39, 0.29) is 30.1 Å². The van der Waals surface area contributed by atoms with Crippen LogP contribution in [0.2, 0.25) is 0 Å². The fraction of sp³-hybridized carbons (Fsp3) is 0.333. The largest absolute Gasteiger partial charge is 0.467 e. The Hall–Kier alpha value is -2.49. The first-order valence-corrected chi connectivity index (χ1v) is 7.37. The summed E-state index contributed by atoms with van der Waals surface area (Å²) < 4.78 is 5.10. The number of H-pyrrole nitrogens is 1. The zero-order valence-corrected chi connectivity index (χ0v) is 12.7. The van der Waals surface area contributed by atoms with Crippen LogP contribution in [0.3, 0.4) is 0 Å². The van der Waals surface area contributed by atoms with Gasteiger partial charge in [0.05, 0.1) is 25.1 Å². The molecule has 0 aliphatic carbocycles. The lowest BCUT2D eigenvalue weighted by Gasteiger charge is -2.15. The van der Waals surface area contributed by atoms with E-state index in [1.54, 1.807) is 19.2 Å². The van der Waals surface area contributed by atoms with Crippen molar-refractivity contribution in [3.8, 4) is 0 Å². The fourth-order valence-electron chi connectivity index (χ4n) is 1.52. The van der Waals surface area contributed by atoms with Crippen LogP contribution in [0.1, 0.15) is 5.76 Å². The molecular weight excluding hydrogens is 308 g/mol. The number of nitrogens with zero attached hydrogens (tertiary/aromatic N) is 3. The van der Waals surface area contributed by atoms with Gasteiger partial charge in [-0.05, 0) is 12.1 Å². The molecule has 118 valence electrons. The van der Waals surface area contributed by atoms with Crippen molar-refractivity contribution in [2.24, 2.45) is 0 Å². The highest BCUT2D eigenvalue weighted by Gasteiger charge is 2.14. The lowest BCUT2D eigenvalue weighted by atomic mass is 10.4. The van der Waals surface area contributed by atoms with E-state index in [2.05, 4.69) is 20.5 Å². The summed E-state index contributed by atoms with van der Waals surface area (Å²) in [4.78, 5) is 28.8. The monoisotopic (exact) mass is 324 g/mol. The van der Waals surface area contributed by atoms with Gasteiger partial charge in [-0.15, -0.1) is 5.10 Å². The zero-order valence-electron chi connectivity index (χ0n) is 11.9. The summed E-state index contributed by atoms with van der Waals surface area (Å²) in [5, 5.41) is 9.35. The van der Waals surface area contributed by atoms with Crippen LogP contribution in [0.4, 0.5) is 5.95 Å². The van der Waals surface area contributed by atoms with Crippen molar-refractivity contribution < 1.29 is 14.0 Å². The molecule has 0 saturated carbocycles. The molecule has 10 heteroatoms. The van der Waals surface area contributed by atoms with Crippen molar-refractivity contribution in [3.63, 3.8) is 0 Å². The van der Waals surface area contributed by atoms with E-state index >= 15 is 0 Å². The Kier molecular flexibility index (Phi) is 5.42. The Bertz CT molecular complexity index is 627. The van der Waals surface area contributed by atoms with Crippen molar-refractivity contribution in [1.82, 2.24) is 25.4 Å². The molecule has 2 amide bonds. The van der Waals surface area contributed by atoms with E-state index in [1.165, 1.54) is 11.2 Å². The molecular formula is C12H16N6O3S. The number of amides is 2. The summed E-state index contributed by atoms with van der Waals surface area (Å²) in [5.41, 5.74) is 5.39. The molecule has 0 aliphatic heterocycles. The van der Waals surface area contributed by atoms with Crippen LogP contribution < -0.4 is 11.1 Å². The molecule has 4 N–H and O–H groups in total. The van der Waals surface area contributed by atoms with Gasteiger partial charge < -0.3 is 20.4 Å². The van der Waals surface area contributed by atoms with Gasteiger partial charge in [-0.1, -0.05) is 11.8 Å². The fourth-order valence-corrected chi connectivity index (χ4v) is 2.26. The first kappa shape index (κ1) is 15.9. The Labute approximate surface area is 130 Å². The number of anilines is 1. The van der Waals surface area contributed by atoms with Crippen LogP contribution in [-0.4, -0.2) is 51.2 Å². The molecule has 0 aliphatic rings. The molecule has 2 aromatic rings. The van der Waals surface area contributed by atoms with Crippen molar-refractivity contribution in [3.05, 3.63) is 24.2 Å². The summed E-state index contributed by atoms with van der Waals surface area (Å²) >= 11 is 1.14. The zero-order chi connectivity index (χ0) is 15.9. The number of thioether (sulfide) groups is 1. The van der Waals surface area contributed by atoms with E-state index in [0.717, 1.165) is 11.8 Å². The molecule has 0 aromatic carbocycles. The van der Waals surface area contributed by atoms with E-state index < -0.39 is 0 Å². The Morgan fingerprint density at radius 3 is 3.00 bits per heavy atom. The number of aromatic amines is 1. The summed E-state index contributed by atoms with van der Waals surface area (Å²) in [6, 6.07) is 3.50. The van der Waals surface area contributed by atoms with Crippen molar-refractivity contribution in [2.75, 3.05) is 25.1 Å². The molecule has 0 fully saturated rings. The van der Waals surface area contributed by atoms with Crippen LogP contribution in [-0.2, 0) is 16.1 Å². The third-order valence-electron chi connectivity index (χ3n) is 2.65. The maximum Gasteiger partial charge on any atom is 0.239 e. The van der Waals surface area contributed by atoms with E-state index in [9.17, 15) is 9.59 Å². The second-order valence-corrected chi connectivity index (χ2v) is 5.34. The van der Waals surface area contributed by atoms with Gasteiger partial charge >= 0.3 is 0 Å². The van der Waals surface area contributed by atoms with Gasteiger partial charge in [-0.3, -0.25) is 9.59 Å². The molecule has 0 bridgehead atoms. The Balaban J connectivity index is 1.69. The lowest BCUT2D eigenvalue weighted by molar-refractivity contribution is -0.132. The number of hydrogen-bond acceptors (Lipinski definition) is 7. The first-order valence-electron chi connectivity index (χ1n) is 6.38. The lowest BCUT2D eigenvalue weighted by Crippen LogP contribution is -2.38. The summed E-state index contributed by atoms with van der Waals surface area (Å²) in [5.74, 6) is 0.501. The van der Waals surface area contributed by atoms with E-state index in [4.69, 9.17) is 10.2 Å². The minimum atomic E-state index is -0.264. The number of rotatable bonds is 7. The topological polar surface area (TPSA) is 130 Å². The number of hydrogen-bond donors (Lipinski definition) is 3. The predicted octanol–water partition coefficient (Wildman–Crippen LogP) is -0.153. The van der Waals surface area contributed by atoms with E-state index in [1.807, 2.05) is 0 Å². The smallest absolute Gasteiger partial charge is 0.239 e. The maximum absolute atomic E-state index is 11.9. The van der Waals surface area contributed by atoms with Gasteiger partial charge in [0.2, 0.25) is 22.9 Å². The Morgan fingerprint density at radius 1 is 1.55 bits per heavy atom. The molecule has 0 spiro atoms. The standard InChI is InChI=1S/C12H16N6O3S/c1-18(6-9(19)14-5-8-3-2-4-21-8)10(20)7-22-12-15-11(13)16-17-12/h2-4H,5-7H2,1H3,(H,14,19)(H3,13,15,16,17). The molecule has 0 atom stereocenters. The molecule has 0 radical (unpaired) electrons. The van der Waals surface area contributed by atoms with Crippen molar-refractivity contribution in [1.29, 1.82) is 0 Å². The first-order chi connectivity index (χ1) is 10.5. The number of nitrogens with two attached hydrogens (primary N) is 1. The highest BCUT2D eigenvalue weighted by Crippen LogP contribution is 2.13. The minimum Gasteiger partial charge on any atom is -0.467 e. The number of likely N-dealkylation sites (N-methyl/N-ethyl adjacent to an activating group) is 1. The van der Waals surface area contributed by atoms with E-state index in [0.29, 0.717) is 17.5 Å². The van der Waals surface area contributed by atoms with Gasteiger partial charge in [0.25, 0.3) is 0 Å². The SMILES string of the molecule is CN(CC(=O)NCc1ccco1)C(=O)CSc1n[nH]c(N)n1. The number of furan rings is 1. The molecule has 9 nitrogen and oxygen atoms in total. The van der Waals surface area contributed by atoms with Crippen LogP contribution in [0, 0.1) is 0 Å². The number of aromatic nitrogens is 3. The van der Waals surface area contributed by atoms with Crippen LogP contribution >= 0.6 is 11.8 Å². The highest BCUT2D eigenvalue weighted by atomic mass is 32.2. The highest BCUT2D eigenvalue weighted by molar-refractivity contribution is 7.99. The average Bonchev–Trinajstić information content (AvgIpc) is 3.14. The van der Waals surface area contributed by atoms with Gasteiger partial charge in [0.15, 0.2) is 0 Å². The van der Waals surface area contributed by atoms with Crippen molar-refractivity contribution in [2.45, 2.75) is 11.7 Å². The number of carbonyl (C=O) groups excluding carboxylic acids is 2. The molecule has 2 heterocycles. The van der Waals surface area contributed by atoms with Gasteiger partial charge in [-0.2, -0.15) is 4.98 Å². The predicted molar refractivity (Wildman–Crippen MR) is 79.7 cm³/mol. The second kappa shape index (κ2) is 7.50. The molecule has 0 unspecified atom stereocenters. The second-order valence-electron chi connectivity index (χ2n) is 4.40. The molecule has 2 aromatic heterocycles. The third-order valence-corrected chi connectivity index (χ3v) is 3.49. The van der Waals surface area contributed by atoms with Crippen LogP contribution in [0.15, 0.2) is 28.0 Å². The molecule has 2 rings (SSSR count). The third kappa shape index (κ3) is 4.81. The normalized spacial score (nSPS) is 10.4. The quantitative estimate of drug-likeness (QED) is 0.604. The average molecular weight is 324 g/mol. The molecule has 22 heavy (non-hydrogen) atoms. The number of carbonyl (C=O) groups is 2. The molecule has 0 saturated heterocycles. The summed E-state index contributed by atoms with van der Waals surface area (Å²) in [6.07, 6.45) is 1.53. The van der Waals surface area contributed by atoms with Gasteiger partial charge in [0, 0.05) is 7.05 Å². The van der Waals surface area contributed by atoms with Crippen LogP contribution in [0.25, 0.3) is 0 Å². The van der Waals surface area contributed by atoms with Crippen LogP contribution in [0.5, 0.6) is 0 Å². The number of nitrogens with one attached hydrogen (secondary N) is 2. The van der Waals surface area contributed by atoms with Gasteiger partial charge in [-0.25, -0.2) is 5.10 Å². The summed E-state index contributed by atoms with van der Waals surface area (Å²) in [6.45, 7) is 0.259. The van der Waals surface area contributed by atoms with Crippen molar-refractivity contribution >= 4 is 29.5 Å². The number of nitrogen functional groups attached to an aromatic ring is 1. The Morgan fingerprint density at radius 2 is 2.36 bits per heavy atom. The maximum atomic E-state index is 11.9. The summed E-state index contributed by atoms with van der Waals surface area (Å²) in [7, 11) is 1.56. The van der Waals surface area contributed by atoms with Gasteiger partial charge in [0.1, 0.15) is 5.76 Å². The minimum absolute atomic E-state index is 0.0315.